The predicted octanol–water partition coefficient (Wildman–Crippen LogP) is 1.19. The van der Waals surface area contributed by atoms with E-state index in [0.29, 0.717) is 0 Å². The lowest BCUT2D eigenvalue weighted by atomic mass is 10.2. The molecule has 2 aromatic rings. The summed E-state index contributed by atoms with van der Waals surface area (Å²) in [7, 11) is 1.92. The molecule has 0 spiro atoms. The summed E-state index contributed by atoms with van der Waals surface area (Å²) in [6.45, 7) is 1.96. The second-order valence-corrected chi connectivity index (χ2v) is 2.95. The Morgan fingerprint density at radius 2 is 2.23 bits per heavy atom. The lowest BCUT2D eigenvalue weighted by Crippen LogP contribution is -1.92. The van der Waals surface area contributed by atoms with Gasteiger partial charge in [-0.15, -0.1) is 10.2 Å². The van der Waals surface area contributed by atoms with Crippen LogP contribution in [0.1, 0.15) is 5.69 Å². The lowest BCUT2D eigenvalue weighted by Gasteiger charge is -1.99. The first-order chi connectivity index (χ1) is 6.27. The van der Waals surface area contributed by atoms with Crippen molar-refractivity contribution in [3.63, 3.8) is 0 Å². The van der Waals surface area contributed by atoms with Gasteiger partial charge in [0.1, 0.15) is 6.33 Å². The van der Waals surface area contributed by atoms with Crippen LogP contribution in [0.25, 0.3) is 11.4 Å². The minimum Gasteiger partial charge on any atom is -0.317 e. The van der Waals surface area contributed by atoms with Gasteiger partial charge < -0.3 is 4.57 Å². The summed E-state index contributed by atoms with van der Waals surface area (Å²) >= 11 is 0. The summed E-state index contributed by atoms with van der Waals surface area (Å²) in [6, 6.07) is 3.92. The molecule has 66 valence electrons. The Hall–Kier alpha value is -1.71. The molecule has 0 bridgehead atoms. The normalized spacial score (nSPS) is 10.3. The first kappa shape index (κ1) is 7.91. The van der Waals surface area contributed by atoms with Crippen LogP contribution in [0.4, 0.5) is 0 Å². The molecule has 4 nitrogen and oxygen atoms in total. The summed E-state index contributed by atoms with van der Waals surface area (Å²) in [5, 5.41) is 7.83. The number of hydrogen-bond acceptors (Lipinski definition) is 3. The number of pyridine rings is 1. The van der Waals surface area contributed by atoms with E-state index in [1.165, 1.54) is 0 Å². The summed E-state index contributed by atoms with van der Waals surface area (Å²) in [5.41, 5.74) is 2.04. The summed E-state index contributed by atoms with van der Waals surface area (Å²) in [5.74, 6) is 0.866. The van der Waals surface area contributed by atoms with Crippen molar-refractivity contribution in [2.45, 2.75) is 6.92 Å². The van der Waals surface area contributed by atoms with Crippen LogP contribution in [0.2, 0.25) is 0 Å². The van der Waals surface area contributed by atoms with E-state index >= 15 is 0 Å². The topological polar surface area (TPSA) is 43.6 Å². The van der Waals surface area contributed by atoms with E-state index in [1.807, 2.05) is 30.7 Å². The second-order valence-electron chi connectivity index (χ2n) is 2.95. The largest absolute Gasteiger partial charge is 0.317 e. The maximum atomic E-state index is 4.12. The van der Waals surface area contributed by atoms with Crippen molar-refractivity contribution in [3.8, 4) is 11.4 Å². The summed E-state index contributed by atoms with van der Waals surface area (Å²) in [4.78, 5) is 4.12. The van der Waals surface area contributed by atoms with Crippen LogP contribution < -0.4 is 0 Å². The molecule has 0 unspecified atom stereocenters. The molecule has 0 N–H and O–H groups in total. The van der Waals surface area contributed by atoms with Gasteiger partial charge in [-0.3, -0.25) is 4.98 Å². The number of rotatable bonds is 1. The molecule has 2 aromatic heterocycles. The van der Waals surface area contributed by atoms with Gasteiger partial charge in [0.2, 0.25) is 0 Å². The first-order valence-electron chi connectivity index (χ1n) is 4.04. The first-order valence-corrected chi connectivity index (χ1v) is 4.04. The van der Waals surface area contributed by atoms with Crippen molar-refractivity contribution in [1.29, 1.82) is 0 Å². The molecular formula is C9H10N4. The van der Waals surface area contributed by atoms with Crippen molar-refractivity contribution in [2.24, 2.45) is 7.05 Å². The van der Waals surface area contributed by atoms with E-state index in [9.17, 15) is 0 Å². The van der Waals surface area contributed by atoms with E-state index in [-0.39, 0.29) is 0 Å². The molecule has 0 amide bonds. The van der Waals surface area contributed by atoms with Crippen LogP contribution in [0.3, 0.4) is 0 Å². The Bertz CT molecular complexity index is 419. The fraction of sp³-hybridized carbons (Fsp3) is 0.222. The van der Waals surface area contributed by atoms with Crippen molar-refractivity contribution in [1.82, 2.24) is 19.7 Å². The van der Waals surface area contributed by atoms with Gasteiger partial charge in [-0.05, 0) is 19.1 Å². The summed E-state index contributed by atoms with van der Waals surface area (Å²) in [6.07, 6.45) is 3.46. The third kappa shape index (κ3) is 1.42. The molecule has 0 fully saturated rings. The average molecular weight is 174 g/mol. The minimum absolute atomic E-state index is 0.866. The number of aryl methyl sites for hydroxylation is 2. The predicted molar refractivity (Wildman–Crippen MR) is 49.0 cm³/mol. The van der Waals surface area contributed by atoms with Crippen LogP contribution in [0.5, 0.6) is 0 Å². The van der Waals surface area contributed by atoms with Crippen molar-refractivity contribution in [2.75, 3.05) is 0 Å². The second kappa shape index (κ2) is 2.97. The Morgan fingerprint density at radius 3 is 2.85 bits per heavy atom. The van der Waals surface area contributed by atoms with Gasteiger partial charge in [0.15, 0.2) is 5.82 Å². The van der Waals surface area contributed by atoms with Gasteiger partial charge in [0.05, 0.1) is 0 Å². The molecule has 4 heteroatoms. The van der Waals surface area contributed by atoms with Gasteiger partial charge in [-0.1, -0.05) is 0 Å². The SMILES string of the molecule is Cc1cc(-c2nncn2C)ccn1. The van der Waals surface area contributed by atoms with Crippen molar-refractivity contribution in [3.05, 3.63) is 30.4 Å². The molecule has 2 rings (SSSR count). The Balaban J connectivity index is 2.53. The minimum atomic E-state index is 0.866. The van der Waals surface area contributed by atoms with Crippen LogP contribution in [-0.2, 0) is 7.05 Å². The number of nitrogens with zero attached hydrogens (tertiary/aromatic N) is 4. The highest BCUT2D eigenvalue weighted by molar-refractivity contribution is 5.54. The number of aromatic nitrogens is 4. The quantitative estimate of drug-likeness (QED) is 0.652. The fourth-order valence-electron chi connectivity index (χ4n) is 1.23. The highest BCUT2D eigenvalue weighted by atomic mass is 15.2. The molecule has 0 saturated carbocycles. The molecule has 0 aliphatic carbocycles. The van der Waals surface area contributed by atoms with Gasteiger partial charge in [-0.2, -0.15) is 0 Å². The molecule has 0 aromatic carbocycles. The monoisotopic (exact) mass is 174 g/mol. The Labute approximate surface area is 76.3 Å². The number of hydrogen-bond donors (Lipinski definition) is 0. The van der Waals surface area contributed by atoms with Crippen molar-refractivity contribution < 1.29 is 0 Å². The van der Waals surface area contributed by atoms with E-state index in [2.05, 4.69) is 15.2 Å². The summed E-state index contributed by atoms with van der Waals surface area (Å²) < 4.78 is 1.88. The molecule has 0 saturated heterocycles. The molecule has 2 heterocycles. The van der Waals surface area contributed by atoms with Crippen LogP contribution >= 0.6 is 0 Å². The third-order valence-corrected chi connectivity index (χ3v) is 1.87. The maximum Gasteiger partial charge on any atom is 0.163 e. The third-order valence-electron chi connectivity index (χ3n) is 1.87. The molecule has 0 aliphatic heterocycles. The molecule has 0 radical (unpaired) electrons. The van der Waals surface area contributed by atoms with Gasteiger partial charge in [0, 0.05) is 24.5 Å². The zero-order chi connectivity index (χ0) is 9.26. The molecule has 0 atom stereocenters. The lowest BCUT2D eigenvalue weighted by molar-refractivity contribution is 0.918. The van der Waals surface area contributed by atoms with E-state index in [1.54, 1.807) is 12.5 Å². The van der Waals surface area contributed by atoms with Crippen LogP contribution in [0, 0.1) is 6.92 Å². The van der Waals surface area contributed by atoms with E-state index in [0.717, 1.165) is 17.1 Å². The van der Waals surface area contributed by atoms with Crippen LogP contribution in [0.15, 0.2) is 24.7 Å². The molecule has 0 aliphatic rings. The van der Waals surface area contributed by atoms with Gasteiger partial charge in [-0.25, -0.2) is 0 Å². The highest BCUT2D eigenvalue weighted by Crippen LogP contribution is 2.14. The zero-order valence-electron chi connectivity index (χ0n) is 7.60. The Kier molecular flexibility index (Phi) is 1.81. The van der Waals surface area contributed by atoms with E-state index < -0.39 is 0 Å². The zero-order valence-corrected chi connectivity index (χ0v) is 7.60. The van der Waals surface area contributed by atoms with Gasteiger partial charge >= 0.3 is 0 Å². The van der Waals surface area contributed by atoms with Crippen LogP contribution in [-0.4, -0.2) is 19.7 Å². The Morgan fingerprint density at radius 1 is 1.38 bits per heavy atom. The van der Waals surface area contributed by atoms with Gasteiger partial charge in [0.25, 0.3) is 0 Å². The standard InChI is InChI=1S/C9H10N4/c1-7-5-8(3-4-10-7)9-12-11-6-13(9)2/h3-6H,1-2H3. The smallest absolute Gasteiger partial charge is 0.163 e. The van der Waals surface area contributed by atoms with E-state index in [4.69, 9.17) is 0 Å². The van der Waals surface area contributed by atoms with Crippen molar-refractivity contribution >= 4 is 0 Å². The fourth-order valence-corrected chi connectivity index (χ4v) is 1.23. The molecular weight excluding hydrogens is 164 g/mol. The average Bonchev–Trinajstić information content (AvgIpc) is 2.51. The molecule has 13 heavy (non-hydrogen) atoms. The maximum absolute atomic E-state index is 4.12. The highest BCUT2D eigenvalue weighted by Gasteiger charge is 2.03.